The summed E-state index contributed by atoms with van der Waals surface area (Å²) in [4.78, 5) is 33.9. The van der Waals surface area contributed by atoms with Gasteiger partial charge in [0, 0.05) is 36.1 Å². The summed E-state index contributed by atoms with van der Waals surface area (Å²) in [7, 11) is 0. The van der Waals surface area contributed by atoms with E-state index in [1.807, 2.05) is 67.7 Å². The summed E-state index contributed by atoms with van der Waals surface area (Å²) in [5.74, 6) is 0.440. The first-order valence-electron chi connectivity index (χ1n) is 13.6. The highest BCUT2D eigenvalue weighted by Crippen LogP contribution is 2.31. The van der Waals surface area contributed by atoms with Crippen LogP contribution >= 0.6 is 0 Å². The summed E-state index contributed by atoms with van der Waals surface area (Å²) in [6.07, 6.45) is 5.50. The molecule has 7 heteroatoms. The lowest BCUT2D eigenvalue weighted by Gasteiger charge is -2.20. The summed E-state index contributed by atoms with van der Waals surface area (Å²) in [6.45, 7) is 4.28. The molecule has 0 aliphatic carbocycles. The number of anilines is 1. The van der Waals surface area contributed by atoms with E-state index in [0.717, 1.165) is 46.9 Å². The second-order valence-corrected chi connectivity index (χ2v) is 10.0. The summed E-state index contributed by atoms with van der Waals surface area (Å²) < 4.78 is 0. The smallest absolute Gasteiger partial charge is 0.274 e. The molecule has 1 saturated heterocycles. The monoisotopic (exact) mass is 529 g/mol. The minimum Gasteiger partial charge on any atom is -0.372 e. The molecule has 1 fully saturated rings. The number of hydroxylamine groups is 1. The van der Waals surface area contributed by atoms with Gasteiger partial charge in [0.1, 0.15) is 5.82 Å². The van der Waals surface area contributed by atoms with E-state index in [-0.39, 0.29) is 5.91 Å². The molecule has 0 radical (unpaired) electrons. The summed E-state index contributed by atoms with van der Waals surface area (Å²) in [5, 5.41) is 0. The molecule has 0 spiro atoms. The van der Waals surface area contributed by atoms with E-state index >= 15 is 0 Å². The van der Waals surface area contributed by atoms with Gasteiger partial charge >= 0.3 is 0 Å². The van der Waals surface area contributed by atoms with Crippen molar-refractivity contribution < 1.29 is 9.63 Å². The van der Waals surface area contributed by atoms with Crippen molar-refractivity contribution in [3.8, 4) is 22.6 Å². The Morgan fingerprint density at radius 1 is 0.900 bits per heavy atom. The highest BCUT2D eigenvalue weighted by molar-refractivity contribution is 5.93. The summed E-state index contributed by atoms with van der Waals surface area (Å²) in [5.41, 5.74) is 9.96. The van der Waals surface area contributed by atoms with Gasteiger partial charge in [-0.25, -0.2) is 10.5 Å². The van der Waals surface area contributed by atoms with Crippen LogP contribution in [-0.4, -0.2) is 33.9 Å². The van der Waals surface area contributed by atoms with Gasteiger partial charge in [-0.05, 0) is 78.9 Å². The van der Waals surface area contributed by atoms with Crippen LogP contribution in [0.5, 0.6) is 0 Å². The van der Waals surface area contributed by atoms with Crippen LogP contribution in [0, 0.1) is 6.92 Å². The topological polar surface area (TPSA) is 83.1 Å². The molecule has 1 aliphatic rings. The van der Waals surface area contributed by atoms with Crippen LogP contribution in [0.1, 0.15) is 46.1 Å². The van der Waals surface area contributed by atoms with Crippen molar-refractivity contribution >= 4 is 11.6 Å². The van der Waals surface area contributed by atoms with Gasteiger partial charge in [0.2, 0.25) is 0 Å². The number of aromatic nitrogens is 3. The average Bonchev–Trinajstić information content (AvgIpc) is 3.73. The quantitative estimate of drug-likeness (QED) is 0.224. The normalized spacial score (nSPS) is 13.8. The van der Waals surface area contributed by atoms with Crippen molar-refractivity contribution in [3.63, 3.8) is 0 Å². The Morgan fingerprint density at radius 2 is 1.65 bits per heavy atom. The Labute approximate surface area is 233 Å². The Bertz CT molecular complexity index is 1580. The molecule has 1 unspecified atom stereocenters. The first-order chi connectivity index (χ1) is 19.7. The van der Waals surface area contributed by atoms with Crippen LogP contribution in [0.15, 0.2) is 103 Å². The Kier molecular flexibility index (Phi) is 7.37. The minimum atomic E-state index is -0.610. The molecule has 1 atom stereocenters. The SMILES string of the molecule is Cc1ccc(-c2ncc(-c3ccc(N4CCCC4)cc3)[nH]2)cc1C(ONC(=O)c1ccccc1)c1ccccn1. The molecule has 200 valence electrons. The van der Waals surface area contributed by atoms with Crippen molar-refractivity contribution in [2.75, 3.05) is 18.0 Å². The fraction of sp³-hybridized carbons (Fsp3) is 0.182. The number of aryl methyl sites for hydroxylation is 1. The second-order valence-electron chi connectivity index (χ2n) is 10.0. The maximum atomic E-state index is 12.7. The van der Waals surface area contributed by atoms with E-state index < -0.39 is 6.10 Å². The number of amides is 1. The van der Waals surface area contributed by atoms with E-state index in [2.05, 4.69) is 49.6 Å². The maximum Gasteiger partial charge on any atom is 0.274 e. The molecule has 7 nitrogen and oxygen atoms in total. The van der Waals surface area contributed by atoms with E-state index in [9.17, 15) is 4.79 Å². The summed E-state index contributed by atoms with van der Waals surface area (Å²) >= 11 is 0. The molecule has 5 aromatic rings. The van der Waals surface area contributed by atoms with E-state index in [1.165, 1.54) is 18.5 Å². The number of benzene rings is 3. The zero-order chi connectivity index (χ0) is 27.3. The molecule has 0 bridgehead atoms. The Hall–Kier alpha value is -4.75. The lowest BCUT2D eigenvalue weighted by Crippen LogP contribution is -2.27. The van der Waals surface area contributed by atoms with E-state index in [4.69, 9.17) is 4.84 Å². The van der Waals surface area contributed by atoms with Crippen LogP contribution in [0.25, 0.3) is 22.6 Å². The Morgan fingerprint density at radius 3 is 2.40 bits per heavy atom. The molecule has 1 amide bonds. The molecule has 2 N–H and O–H groups in total. The number of aromatic amines is 1. The zero-order valence-electron chi connectivity index (χ0n) is 22.4. The standard InChI is InChI=1S/C33H31N5O2/c1-23-12-13-26(32-35-22-30(36-32)24-14-16-27(17-15-24)38-19-7-8-20-38)21-28(23)31(29-11-5-6-18-34-29)40-37-33(39)25-9-3-2-4-10-25/h2-6,9-18,21-22,31H,7-8,19-20H2,1H3,(H,35,36)(H,37,39). The van der Waals surface area contributed by atoms with Crippen LogP contribution in [0.4, 0.5) is 5.69 Å². The number of hydrogen-bond donors (Lipinski definition) is 2. The van der Waals surface area contributed by atoms with Crippen molar-refractivity contribution in [2.24, 2.45) is 0 Å². The minimum absolute atomic E-state index is 0.318. The van der Waals surface area contributed by atoms with Crippen LogP contribution in [0.2, 0.25) is 0 Å². The van der Waals surface area contributed by atoms with Gasteiger partial charge in [-0.2, -0.15) is 0 Å². The van der Waals surface area contributed by atoms with Crippen LogP contribution < -0.4 is 10.4 Å². The Balaban J connectivity index is 1.26. The highest BCUT2D eigenvalue weighted by atomic mass is 16.7. The first-order valence-corrected chi connectivity index (χ1v) is 13.6. The largest absolute Gasteiger partial charge is 0.372 e. The number of pyridine rings is 1. The van der Waals surface area contributed by atoms with Crippen molar-refractivity contribution in [1.29, 1.82) is 0 Å². The van der Waals surface area contributed by atoms with Gasteiger partial charge in [-0.1, -0.05) is 48.5 Å². The fourth-order valence-electron chi connectivity index (χ4n) is 5.09. The third-order valence-corrected chi connectivity index (χ3v) is 7.32. The lowest BCUT2D eigenvalue weighted by atomic mass is 9.98. The zero-order valence-corrected chi connectivity index (χ0v) is 22.4. The molecule has 2 aromatic heterocycles. The lowest BCUT2D eigenvalue weighted by molar-refractivity contribution is -0.00142. The molecule has 3 heterocycles. The van der Waals surface area contributed by atoms with Gasteiger partial charge in [0.15, 0.2) is 6.10 Å². The molecular formula is C33H31N5O2. The van der Waals surface area contributed by atoms with Crippen LogP contribution in [-0.2, 0) is 4.84 Å². The number of carbonyl (C=O) groups is 1. The van der Waals surface area contributed by atoms with Crippen molar-refractivity contribution in [3.05, 3.63) is 126 Å². The molecule has 6 rings (SSSR count). The molecule has 1 aliphatic heterocycles. The van der Waals surface area contributed by atoms with Gasteiger partial charge in [-0.15, -0.1) is 0 Å². The van der Waals surface area contributed by atoms with E-state index in [1.54, 1.807) is 18.3 Å². The predicted molar refractivity (Wildman–Crippen MR) is 157 cm³/mol. The van der Waals surface area contributed by atoms with Gasteiger partial charge in [0.05, 0.1) is 17.6 Å². The van der Waals surface area contributed by atoms with Crippen molar-refractivity contribution in [2.45, 2.75) is 25.9 Å². The van der Waals surface area contributed by atoms with Gasteiger partial charge < -0.3 is 9.88 Å². The molecule has 0 saturated carbocycles. The third-order valence-electron chi connectivity index (χ3n) is 7.32. The van der Waals surface area contributed by atoms with E-state index in [0.29, 0.717) is 11.3 Å². The highest BCUT2D eigenvalue weighted by Gasteiger charge is 2.22. The number of nitrogens with one attached hydrogen (secondary N) is 2. The second kappa shape index (κ2) is 11.6. The number of hydrogen-bond acceptors (Lipinski definition) is 5. The number of carbonyl (C=O) groups excluding carboxylic acids is 1. The third kappa shape index (κ3) is 5.51. The number of rotatable bonds is 8. The average molecular weight is 530 g/mol. The van der Waals surface area contributed by atoms with Gasteiger partial charge in [0.25, 0.3) is 5.91 Å². The molecular weight excluding hydrogens is 498 g/mol. The maximum absolute atomic E-state index is 12.7. The van der Waals surface area contributed by atoms with Crippen molar-refractivity contribution in [1.82, 2.24) is 20.4 Å². The van der Waals surface area contributed by atoms with Crippen LogP contribution in [0.3, 0.4) is 0 Å². The summed E-state index contributed by atoms with van der Waals surface area (Å²) in [6, 6.07) is 29.4. The first kappa shape index (κ1) is 25.5. The number of H-pyrrole nitrogens is 1. The molecule has 40 heavy (non-hydrogen) atoms. The fourth-order valence-corrected chi connectivity index (χ4v) is 5.09. The number of nitrogens with zero attached hydrogens (tertiary/aromatic N) is 3. The molecule has 3 aromatic carbocycles. The van der Waals surface area contributed by atoms with Gasteiger partial charge in [-0.3, -0.25) is 14.6 Å². The number of imidazole rings is 1. The predicted octanol–water partition coefficient (Wildman–Crippen LogP) is 6.50.